The first-order valence-electron chi connectivity index (χ1n) is 8.89. The van der Waals surface area contributed by atoms with Crippen LogP contribution in [0.3, 0.4) is 0 Å². The van der Waals surface area contributed by atoms with Crippen molar-refractivity contribution in [1.82, 2.24) is 14.5 Å². The van der Waals surface area contributed by atoms with Crippen molar-refractivity contribution >= 4 is 22.8 Å². The van der Waals surface area contributed by atoms with Crippen molar-refractivity contribution in [3.63, 3.8) is 0 Å². The van der Waals surface area contributed by atoms with E-state index in [4.69, 9.17) is 0 Å². The number of rotatable bonds is 5. The summed E-state index contributed by atoms with van der Waals surface area (Å²) in [4.78, 5) is 20.6. The summed E-state index contributed by atoms with van der Waals surface area (Å²) >= 11 is -1.37. The van der Waals surface area contributed by atoms with Crippen LogP contribution in [0.5, 0.6) is 0 Å². The van der Waals surface area contributed by atoms with Crippen LogP contribution in [-0.2, 0) is 34.6 Å². The summed E-state index contributed by atoms with van der Waals surface area (Å²) in [7, 11) is 0. The number of nitrogens with zero attached hydrogens (tertiary/aromatic N) is 3. The number of fused-ring (bicyclic) bond motifs is 1. The molecule has 2 aromatic heterocycles. The molecule has 138 valence electrons. The maximum Gasteiger partial charge on any atom is 0.329 e. The van der Waals surface area contributed by atoms with Gasteiger partial charge in [-0.3, -0.25) is 4.79 Å². The number of aromatic nitrogens is 3. The zero-order chi connectivity index (χ0) is 18.8. The van der Waals surface area contributed by atoms with E-state index < -0.39 is 11.2 Å². The number of pyridine rings is 1. The Morgan fingerprint density at radius 2 is 2.04 bits per heavy atom. The second-order valence-electron chi connectivity index (χ2n) is 6.49. The molecule has 6 nitrogen and oxygen atoms in total. The lowest BCUT2D eigenvalue weighted by Crippen LogP contribution is -2.16. The molecule has 4 rings (SSSR count). The molecule has 0 fully saturated rings. The van der Waals surface area contributed by atoms with E-state index in [9.17, 15) is 9.35 Å². The molecule has 1 unspecified atom stereocenters. The molecular formula is C20H20N4O2S. The first-order valence-corrected chi connectivity index (χ1v) is 10.2. The van der Waals surface area contributed by atoms with Gasteiger partial charge in [-0.25, -0.2) is 9.55 Å². The number of anilines is 1. The Labute approximate surface area is 160 Å². The molecule has 0 saturated carbocycles. The summed E-state index contributed by atoms with van der Waals surface area (Å²) in [5.74, 6) is 0.868. The lowest BCUT2D eigenvalue weighted by atomic mass is 10.2. The third-order valence-electron chi connectivity index (χ3n) is 4.55. The highest BCUT2D eigenvalue weighted by atomic mass is 32.2. The lowest BCUT2D eigenvalue weighted by Gasteiger charge is -2.15. The van der Waals surface area contributed by atoms with Crippen LogP contribution in [0.1, 0.15) is 30.3 Å². The Bertz CT molecular complexity index is 971. The highest BCUT2D eigenvalue weighted by Crippen LogP contribution is 2.30. The van der Waals surface area contributed by atoms with Gasteiger partial charge in [0.1, 0.15) is 11.6 Å². The smallest absolute Gasteiger partial charge is 0.329 e. The van der Waals surface area contributed by atoms with Crippen LogP contribution < -0.4 is 5.32 Å². The minimum Gasteiger partial charge on any atom is -0.609 e. The number of benzene rings is 1. The molecule has 1 atom stereocenters. The largest absolute Gasteiger partial charge is 0.609 e. The van der Waals surface area contributed by atoms with Gasteiger partial charge < -0.3 is 9.87 Å². The Morgan fingerprint density at radius 1 is 1.22 bits per heavy atom. The van der Waals surface area contributed by atoms with Gasteiger partial charge in [-0.15, -0.1) is 0 Å². The van der Waals surface area contributed by atoms with Crippen molar-refractivity contribution in [2.45, 2.75) is 37.1 Å². The third-order valence-corrected chi connectivity index (χ3v) is 5.80. The molecule has 3 aromatic rings. The number of amides is 1. The van der Waals surface area contributed by atoms with Gasteiger partial charge in [-0.05, 0) is 37.5 Å². The molecule has 27 heavy (non-hydrogen) atoms. The fourth-order valence-electron chi connectivity index (χ4n) is 3.39. The van der Waals surface area contributed by atoms with Gasteiger partial charge in [-0.2, -0.15) is 4.98 Å². The Morgan fingerprint density at radius 3 is 2.81 bits per heavy atom. The number of nitrogens with one attached hydrogen (secondary N) is 1. The van der Waals surface area contributed by atoms with Crippen LogP contribution in [0.4, 0.5) is 5.69 Å². The highest BCUT2D eigenvalue weighted by Gasteiger charge is 2.30. The maximum atomic E-state index is 13.2. The van der Waals surface area contributed by atoms with Gasteiger partial charge in [0.05, 0.1) is 11.4 Å². The molecule has 1 aliphatic carbocycles. The molecule has 1 N–H and O–H groups in total. The average molecular weight is 380 g/mol. The number of carbonyl (C=O) groups excluding carboxylic acids is 1. The summed E-state index contributed by atoms with van der Waals surface area (Å²) in [5, 5.41) is 3.33. The number of para-hydroxylation sites is 1. The normalized spacial score (nSPS) is 14.0. The van der Waals surface area contributed by atoms with Crippen LogP contribution in [0.25, 0.3) is 5.82 Å². The summed E-state index contributed by atoms with van der Waals surface area (Å²) in [6.07, 6.45) is 4.61. The zero-order valence-electron chi connectivity index (χ0n) is 15.0. The molecule has 0 aliphatic heterocycles. The van der Waals surface area contributed by atoms with E-state index in [0.29, 0.717) is 10.8 Å². The minimum atomic E-state index is -1.37. The van der Waals surface area contributed by atoms with E-state index in [1.807, 2.05) is 47.0 Å². The zero-order valence-corrected chi connectivity index (χ0v) is 15.8. The number of carbonyl (C=O) groups is 1. The fourth-order valence-corrected chi connectivity index (χ4v) is 4.68. The number of aryl methyl sites for hydroxylation is 1. The van der Waals surface area contributed by atoms with Gasteiger partial charge in [0.25, 0.3) is 0 Å². The molecule has 1 amide bonds. The predicted molar refractivity (Wildman–Crippen MR) is 104 cm³/mol. The van der Waals surface area contributed by atoms with Gasteiger partial charge in [0, 0.05) is 35.5 Å². The number of imidazole rings is 1. The standard InChI is InChI=1S/C20H20N4O2S/c1-14(25)22-16-8-3-2-7-15(16)13-27(26)20-23-17-9-6-10-18(17)24(20)19-11-4-5-12-21-19/h2-5,7-8,11-12H,6,9-10,13H2,1H3,(H,22,25). The van der Waals surface area contributed by atoms with Crippen LogP contribution in [0, 0.1) is 0 Å². The van der Waals surface area contributed by atoms with Crippen molar-refractivity contribution in [2.75, 3.05) is 5.32 Å². The second kappa shape index (κ2) is 7.54. The van der Waals surface area contributed by atoms with Crippen LogP contribution in [0.2, 0.25) is 0 Å². The quantitative estimate of drug-likeness (QED) is 0.690. The Balaban J connectivity index is 1.70. The highest BCUT2D eigenvalue weighted by molar-refractivity contribution is 7.90. The third kappa shape index (κ3) is 3.61. The molecule has 0 spiro atoms. The molecule has 2 heterocycles. The van der Waals surface area contributed by atoms with E-state index in [0.717, 1.165) is 42.0 Å². The first-order chi connectivity index (χ1) is 13.1. The topological polar surface area (TPSA) is 82.9 Å². The number of hydrogen-bond donors (Lipinski definition) is 1. The van der Waals surface area contributed by atoms with Crippen molar-refractivity contribution in [3.8, 4) is 5.82 Å². The van der Waals surface area contributed by atoms with Crippen LogP contribution >= 0.6 is 0 Å². The Hall–Kier alpha value is -2.64. The summed E-state index contributed by atoms with van der Waals surface area (Å²) < 4.78 is 15.2. The lowest BCUT2D eigenvalue weighted by molar-refractivity contribution is -0.114. The molecule has 7 heteroatoms. The van der Waals surface area contributed by atoms with E-state index in [1.165, 1.54) is 6.92 Å². The minimum absolute atomic E-state index is 0.151. The van der Waals surface area contributed by atoms with Crippen LogP contribution in [0.15, 0.2) is 53.8 Å². The molecule has 0 saturated heterocycles. The van der Waals surface area contributed by atoms with E-state index in [-0.39, 0.29) is 11.7 Å². The Kier molecular flexibility index (Phi) is 4.96. The maximum absolute atomic E-state index is 13.2. The predicted octanol–water partition coefficient (Wildman–Crippen LogP) is 3.02. The van der Waals surface area contributed by atoms with Gasteiger partial charge in [-0.1, -0.05) is 24.3 Å². The van der Waals surface area contributed by atoms with Crippen molar-refractivity contribution in [2.24, 2.45) is 0 Å². The van der Waals surface area contributed by atoms with Crippen molar-refractivity contribution in [3.05, 3.63) is 65.6 Å². The van der Waals surface area contributed by atoms with E-state index >= 15 is 0 Å². The summed E-state index contributed by atoms with van der Waals surface area (Å²) in [6, 6.07) is 13.1. The van der Waals surface area contributed by atoms with Gasteiger partial charge in [0.15, 0.2) is 0 Å². The summed E-state index contributed by atoms with van der Waals surface area (Å²) in [5.41, 5.74) is 3.62. The van der Waals surface area contributed by atoms with Crippen molar-refractivity contribution in [1.29, 1.82) is 0 Å². The van der Waals surface area contributed by atoms with Crippen LogP contribution in [-0.4, -0.2) is 25.0 Å². The number of hydrogen-bond acceptors (Lipinski definition) is 4. The first kappa shape index (κ1) is 17.8. The monoisotopic (exact) mass is 380 g/mol. The SMILES string of the molecule is CC(=O)Nc1ccccc1C[S+]([O-])c1nc2c(n1-c1ccccn1)CCC2. The van der Waals surface area contributed by atoms with E-state index in [2.05, 4.69) is 15.3 Å². The molecule has 0 bridgehead atoms. The van der Waals surface area contributed by atoms with E-state index in [1.54, 1.807) is 6.20 Å². The molecule has 0 radical (unpaired) electrons. The van der Waals surface area contributed by atoms with Gasteiger partial charge >= 0.3 is 5.16 Å². The van der Waals surface area contributed by atoms with Gasteiger partial charge in [0.2, 0.25) is 5.91 Å². The fraction of sp³-hybridized carbons (Fsp3) is 0.250. The van der Waals surface area contributed by atoms with Crippen molar-refractivity contribution < 1.29 is 9.35 Å². The average Bonchev–Trinajstić information content (AvgIpc) is 3.24. The molecule has 1 aromatic carbocycles. The molecule has 1 aliphatic rings. The second-order valence-corrected chi connectivity index (χ2v) is 7.84. The molecular weight excluding hydrogens is 360 g/mol. The summed E-state index contributed by atoms with van der Waals surface area (Å²) in [6.45, 7) is 1.46.